The van der Waals surface area contributed by atoms with Gasteiger partial charge in [0.25, 0.3) is 11.8 Å². The number of anilines is 1. The first-order chi connectivity index (χ1) is 15.4. The summed E-state index contributed by atoms with van der Waals surface area (Å²) in [5, 5.41) is 4.06. The highest BCUT2D eigenvalue weighted by molar-refractivity contribution is 6.37. The summed E-state index contributed by atoms with van der Waals surface area (Å²) in [5.74, 6) is -0.357. The van der Waals surface area contributed by atoms with Crippen molar-refractivity contribution in [2.24, 2.45) is 0 Å². The maximum Gasteiger partial charge on any atom is 0.278 e. The number of carbonyl (C=O) groups is 2. The molecule has 0 fully saturated rings. The monoisotopic (exact) mass is 466 g/mol. The number of aryl methyl sites for hydroxylation is 1. The molecule has 1 aliphatic rings. The third-order valence-corrected chi connectivity index (χ3v) is 5.82. The molecule has 0 bridgehead atoms. The normalized spacial score (nSPS) is 13.7. The number of ether oxygens (including phenoxy) is 1. The van der Waals surface area contributed by atoms with Gasteiger partial charge in [-0.1, -0.05) is 71.2 Å². The van der Waals surface area contributed by atoms with Gasteiger partial charge in [-0.05, 0) is 42.3 Å². The first-order valence-electron chi connectivity index (χ1n) is 9.90. The molecule has 5 nitrogen and oxygen atoms in total. The first kappa shape index (κ1) is 21.9. The van der Waals surface area contributed by atoms with E-state index in [0.29, 0.717) is 32.6 Å². The highest BCUT2D eigenvalue weighted by Crippen LogP contribution is 2.35. The molecule has 3 aromatic rings. The van der Waals surface area contributed by atoms with Crippen LogP contribution in [0.25, 0.3) is 5.57 Å². The van der Waals surface area contributed by atoms with Gasteiger partial charge in [0.15, 0.2) is 0 Å². The number of amides is 2. The van der Waals surface area contributed by atoms with E-state index < -0.39 is 11.8 Å². The van der Waals surface area contributed by atoms with Crippen molar-refractivity contribution in [1.82, 2.24) is 4.90 Å². The van der Waals surface area contributed by atoms with E-state index in [1.54, 1.807) is 36.4 Å². The second-order valence-electron chi connectivity index (χ2n) is 7.37. The fraction of sp³-hybridized carbons (Fsp3) is 0.120. The fourth-order valence-corrected chi connectivity index (χ4v) is 3.90. The second-order valence-corrected chi connectivity index (χ2v) is 8.22. The summed E-state index contributed by atoms with van der Waals surface area (Å²) < 4.78 is 5.40. The molecule has 3 aromatic carbocycles. The summed E-state index contributed by atoms with van der Waals surface area (Å²) in [5.41, 5.74) is 3.29. The van der Waals surface area contributed by atoms with Gasteiger partial charge < -0.3 is 10.1 Å². The Balaban J connectivity index is 1.79. The van der Waals surface area contributed by atoms with Crippen LogP contribution in [-0.4, -0.2) is 23.8 Å². The van der Waals surface area contributed by atoms with E-state index >= 15 is 0 Å². The SMILES string of the molecule is COc1ccc(Cl)cc1NC1=C(c2ccc(C)cc2)C(=O)N(Cc2ccccc2Cl)C1=O. The van der Waals surface area contributed by atoms with Crippen molar-refractivity contribution in [2.75, 3.05) is 12.4 Å². The summed E-state index contributed by atoms with van der Waals surface area (Å²) in [4.78, 5) is 28.1. The Labute approximate surface area is 196 Å². The van der Waals surface area contributed by atoms with Gasteiger partial charge in [0.2, 0.25) is 0 Å². The molecular formula is C25H20Cl2N2O3. The molecule has 0 aliphatic carbocycles. The average Bonchev–Trinajstić information content (AvgIpc) is 3.00. The molecule has 162 valence electrons. The number of carbonyl (C=O) groups excluding carboxylic acids is 2. The van der Waals surface area contributed by atoms with Crippen molar-refractivity contribution < 1.29 is 14.3 Å². The molecule has 0 radical (unpaired) electrons. The number of nitrogens with zero attached hydrogens (tertiary/aromatic N) is 1. The topological polar surface area (TPSA) is 58.6 Å². The summed E-state index contributed by atoms with van der Waals surface area (Å²) >= 11 is 12.4. The molecule has 32 heavy (non-hydrogen) atoms. The second kappa shape index (κ2) is 9.07. The molecule has 0 aromatic heterocycles. The van der Waals surface area contributed by atoms with Crippen molar-refractivity contribution in [2.45, 2.75) is 13.5 Å². The molecule has 7 heteroatoms. The van der Waals surface area contributed by atoms with E-state index in [0.717, 1.165) is 5.56 Å². The number of halogens is 2. The van der Waals surface area contributed by atoms with Crippen LogP contribution in [0.4, 0.5) is 5.69 Å². The Bertz CT molecular complexity index is 1240. The van der Waals surface area contributed by atoms with Crippen molar-refractivity contribution in [3.05, 3.63) is 99.2 Å². The summed E-state index contributed by atoms with van der Waals surface area (Å²) in [6, 6.07) is 19.6. The van der Waals surface area contributed by atoms with Crippen molar-refractivity contribution in [3.8, 4) is 5.75 Å². The number of benzene rings is 3. The minimum atomic E-state index is -0.451. The lowest BCUT2D eigenvalue weighted by Gasteiger charge is -2.17. The van der Waals surface area contributed by atoms with Gasteiger partial charge in [-0.3, -0.25) is 14.5 Å². The molecule has 1 N–H and O–H groups in total. The van der Waals surface area contributed by atoms with Crippen molar-refractivity contribution >= 4 is 46.3 Å². The summed E-state index contributed by atoms with van der Waals surface area (Å²) in [7, 11) is 1.52. The Hall–Kier alpha value is -3.28. The largest absolute Gasteiger partial charge is 0.495 e. The molecule has 1 heterocycles. The predicted molar refractivity (Wildman–Crippen MR) is 127 cm³/mol. The molecule has 0 unspecified atom stereocenters. The van der Waals surface area contributed by atoms with Crippen molar-refractivity contribution in [3.63, 3.8) is 0 Å². The lowest BCUT2D eigenvalue weighted by atomic mass is 10.0. The summed E-state index contributed by atoms with van der Waals surface area (Å²) in [6.45, 7) is 2.02. The van der Waals surface area contributed by atoms with E-state index in [1.807, 2.05) is 37.3 Å². The lowest BCUT2D eigenvalue weighted by Crippen LogP contribution is -2.32. The van der Waals surface area contributed by atoms with Crippen LogP contribution in [0.5, 0.6) is 5.75 Å². The number of hydrogen-bond acceptors (Lipinski definition) is 4. The Kier molecular flexibility index (Phi) is 6.21. The van der Waals surface area contributed by atoms with Crippen molar-refractivity contribution in [1.29, 1.82) is 0 Å². The van der Waals surface area contributed by atoms with Crippen LogP contribution in [-0.2, 0) is 16.1 Å². The van der Waals surface area contributed by atoms with Crippen LogP contribution in [0.1, 0.15) is 16.7 Å². The van der Waals surface area contributed by atoms with Gasteiger partial charge in [-0.15, -0.1) is 0 Å². The van der Waals surface area contributed by atoms with Crippen LogP contribution in [0, 0.1) is 6.92 Å². The van der Waals surface area contributed by atoms with Gasteiger partial charge in [0.1, 0.15) is 11.4 Å². The zero-order chi connectivity index (χ0) is 22.8. The molecule has 0 spiro atoms. The van der Waals surface area contributed by atoms with E-state index in [4.69, 9.17) is 27.9 Å². The van der Waals surface area contributed by atoms with Gasteiger partial charge in [-0.25, -0.2) is 0 Å². The van der Waals surface area contributed by atoms with E-state index in [2.05, 4.69) is 5.32 Å². The van der Waals surface area contributed by atoms with Crippen LogP contribution in [0.2, 0.25) is 10.0 Å². The first-order valence-corrected chi connectivity index (χ1v) is 10.7. The minimum absolute atomic E-state index is 0.0601. The average molecular weight is 467 g/mol. The van der Waals surface area contributed by atoms with Gasteiger partial charge in [-0.2, -0.15) is 0 Å². The molecule has 4 rings (SSSR count). The molecule has 1 aliphatic heterocycles. The number of rotatable bonds is 6. The van der Waals surface area contributed by atoms with E-state index in [9.17, 15) is 9.59 Å². The Morgan fingerprint density at radius 1 is 0.938 bits per heavy atom. The van der Waals surface area contributed by atoms with Crippen LogP contribution >= 0.6 is 23.2 Å². The fourth-order valence-electron chi connectivity index (χ4n) is 3.53. The third-order valence-electron chi connectivity index (χ3n) is 5.22. The number of hydrogen-bond donors (Lipinski definition) is 1. The number of methoxy groups -OCH3 is 1. The molecule has 0 atom stereocenters. The zero-order valence-electron chi connectivity index (χ0n) is 17.5. The van der Waals surface area contributed by atoms with E-state index in [-0.39, 0.29) is 17.8 Å². The maximum atomic E-state index is 13.4. The Morgan fingerprint density at radius 3 is 2.34 bits per heavy atom. The summed E-state index contributed by atoms with van der Waals surface area (Å²) in [6.07, 6.45) is 0. The van der Waals surface area contributed by atoms with Gasteiger partial charge in [0, 0.05) is 10.0 Å². The lowest BCUT2D eigenvalue weighted by molar-refractivity contribution is -0.137. The molecule has 0 saturated heterocycles. The Morgan fingerprint density at radius 2 is 1.66 bits per heavy atom. The smallest absolute Gasteiger partial charge is 0.278 e. The molecule has 2 amide bonds. The van der Waals surface area contributed by atoms with Gasteiger partial charge in [0.05, 0.1) is 24.9 Å². The number of imide groups is 1. The minimum Gasteiger partial charge on any atom is -0.495 e. The van der Waals surface area contributed by atoms with Crippen LogP contribution < -0.4 is 10.1 Å². The number of nitrogens with one attached hydrogen (secondary N) is 1. The molecular weight excluding hydrogens is 447 g/mol. The van der Waals surface area contributed by atoms with Crippen LogP contribution in [0.15, 0.2) is 72.4 Å². The maximum absolute atomic E-state index is 13.4. The highest BCUT2D eigenvalue weighted by atomic mass is 35.5. The zero-order valence-corrected chi connectivity index (χ0v) is 19.0. The quantitative estimate of drug-likeness (QED) is 0.473. The van der Waals surface area contributed by atoms with E-state index in [1.165, 1.54) is 12.0 Å². The van der Waals surface area contributed by atoms with Crippen LogP contribution in [0.3, 0.4) is 0 Å². The standard InChI is InChI=1S/C25H20Cl2N2O3/c1-15-7-9-16(10-8-15)22-23(28-20-13-18(26)11-12-21(20)32-2)25(31)29(24(22)30)14-17-5-3-4-6-19(17)27/h3-13,28H,14H2,1-2H3. The molecule has 0 saturated carbocycles. The highest BCUT2D eigenvalue weighted by Gasteiger charge is 2.39. The van der Waals surface area contributed by atoms with Gasteiger partial charge >= 0.3 is 0 Å². The predicted octanol–water partition coefficient (Wildman–Crippen LogP) is 5.70. The third kappa shape index (κ3) is 4.22.